The molecule has 1 aliphatic heterocycles. The summed E-state index contributed by atoms with van der Waals surface area (Å²) in [5.41, 5.74) is 0.457. The lowest BCUT2D eigenvalue weighted by atomic mass is 9.82. The largest absolute Gasteiger partial charge is 0.383 e. The average molecular weight is 203 g/mol. The van der Waals surface area contributed by atoms with Crippen LogP contribution in [0.2, 0.25) is 0 Å². The molecule has 1 unspecified atom stereocenters. The summed E-state index contributed by atoms with van der Waals surface area (Å²) in [5, 5.41) is 3.57. The van der Waals surface area contributed by atoms with Crippen molar-refractivity contribution in [3.63, 3.8) is 0 Å². The van der Waals surface area contributed by atoms with Gasteiger partial charge < -0.3 is 10.1 Å². The molecular formula is C10H21NOS. The number of ether oxygens (including phenoxy) is 1. The third-order valence-corrected chi connectivity index (χ3v) is 3.88. The molecule has 0 aromatic carbocycles. The summed E-state index contributed by atoms with van der Waals surface area (Å²) < 4.78 is 5.03. The SMILES string of the molecule is COCCNC1CSCCC1(C)C. The summed E-state index contributed by atoms with van der Waals surface area (Å²) in [6.07, 6.45) is 1.32. The summed E-state index contributed by atoms with van der Waals surface area (Å²) in [6.45, 7) is 6.51. The molecule has 1 saturated heterocycles. The number of nitrogens with one attached hydrogen (secondary N) is 1. The van der Waals surface area contributed by atoms with Gasteiger partial charge in [0.05, 0.1) is 6.61 Å². The fourth-order valence-electron chi connectivity index (χ4n) is 1.61. The highest BCUT2D eigenvalue weighted by molar-refractivity contribution is 7.99. The molecule has 13 heavy (non-hydrogen) atoms. The van der Waals surface area contributed by atoms with Crippen molar-refractivity contribution in [2.45, 2.75) is 26.3 Å². The molecule has 2 nitrogen and oxygen atoms in total. The Labute approximate surface area is 85.8 Å². The molecule has 1 N–H and O–H groups in total. The van der Waals surface area contributed by atoms with Crippen LogP contribution >= 0.6 is 11.8 Å². The summed E-state index contributed by atoms with van der Waals surface area (Å²) in [7, 11) is 1.75. The fourth-order valence-corrected chi connectivity index (χ4v) is 3.25. The van der Waals surface area contributed by atoms with Crippen LogP contribution in [0.1, 0.15) is 20.3 Å². The lowest BCUT2D eigenvalue weighted by molar-refractivity contribution is 0.178. The Morgan fingerprint density at radius 2 is 2.31 bits per heavy atom. The molecule has 1 fully saturated rings. The molecule has 1 rings (SSSR count). The quantitative estimate of drug-likeness (QED) is 0.703. The van der Waals surface area contributed by atoms with E-state index in [0.29, 0.717) is 11.5 Å². The van der Waals surface area contributed by atoms with Crippen LogP contribution in [0, 0.1) is 5.41 Å². The number of rotatable bonds is 4. The Hall–Kier alpha value is 0.270. The van der Waals surface area contributed by atoms with E-state index in [1.165, 1.54) is 17.9 Å². The topological polar surface area (TPSA) is 21.3 Å². The molecule has 0 spiro atoms. The third kappa shape index (κ3) is 3.49. The van der Waals surface area contributed by atoms with Crippen LogP contribution in [0.4, 0.5) is 0 Å². The second-order valence-corrected chi connectivity index (χ2v) is 5.46. The summed E-state index contributed by atoms with van der Waals surface area (Å²) in [4.78, 5) is 0. The van der Waals surface area contributed by atoms with Gasteiger partial charge in [0.1, 0.15) is 0 Å². The minimum atomic E-state index is 0.457. The first-order valence-corrected chi connectivity index (χ1v) is 6.12. The van der Waals surface area contributed by atoms with Gasteiger partial charge in [0.15, 0.2) is 0 Å². The predicted molar refractivity (Wildman–Crippen MR) is 59.4 cm³/mol. The molecular weight excluding hydrogens is 182 g/mol. The lowest BCUT2D eigenvalue weighted by Crippen LogP contribution is -2.47. The molecule has 1 atom stereocenters. The number of methoxy groups -OCH3 is 1. The Balaban J connectivity index is 2.29. The molecule has 1 heterocycles. The minimum absolute atomic E-state index is 0.457. The van der Waals surface area contributed by atoms with E-state index >= 15 is 0 Å². The summed E-state index contributed by atoms with van der Waals surface area (Å²) in [6, 6.07) is 0.654. The van der Waals surface area contributed by atoms with Crippen molar-refractivity contribution in [1.29, 1.82) is 0 Å². The predicted octanol–water partition coefficient (Wildman–Crippen LogP) is 1.75. The highest BCUT2D eigenvalue weighted by atomic mass is 32.2. The van der Waals surface area contributed by atoms with E-state index in [9.17, 15) is 0 Å². The molecule has 0 aliphatic carbocycles. The van der Waals surface area contributed by atoms with E-state index in [-0.39, 0.29) is 0 Å². The third-order valence-electron chi connectivity index (χ3n) is 2.82. The first-order chi connectivity index (χ1) is 6.17. The van der Waals surface area contributed by atoms with Crippen molar-refractivity contribution >= 4 is 11.8 Å². The highest BCUT2D eigenvalue weighted by Gasteiger charge is 2.31. The smallest absolute Gasteiger partial charge is 0.0587 e. The van der Waals surface area contributed by atoms with Crippen LogP contribution in [0.25, 0.3) is 0 Å². The van der Waals surface area contributed by atoms with E-state index in [4.69, 9.17) is 4.74 Å². The molecule has 1 aliphatic rings. The van der Waals surface area contributed by atoms with Crippen molar-refractivity contribution in [2.24, 2.45) is 5.41 Å². The van der Waals surface area contributed by atoms with E-state index < -0.39 is 0 Å². The van der Waals surface area contributed by atoms with Gasteiger partial charge in [0.25, 0.3) is 0 Å². The maximum absolute atomic E-state index is 5.03. The Bertz CT molecular complexity index is 150. The van der Waals surface area contributed by atoms with Gasteiger partial charge in [0, 0.05) is 25.4 Å². The standard InChI is InChI=1S/C10H21NOS/c1-10(2)4-7-13-8-9(10)11-5-6-12-3/h9,11H,4-8H2,1-3H3. The van der Waals surface area contributed by atoms with Gasteiger partial charge in [-0.25, -0.2) is 0 Å². The van der Waals surface area contributed by atoms with Crippen molar-refractivity contribution < 1.29 is 4.74 Å². The molecule has 0 aromatic heterocycles. The Kier molecular flexibility index (Phi) is 4.56. The van der Waals surface area contributed by atoms with Crippen LogP contribution in [-0.2, 0) is 4.74 Å². The molecule has 0 amide bonds. The molecule has 0 aromatic rings. The Morgan fingerprint density at radius 1 is 1.54 bits per heavy atom. The van der Waals surface area contributed by atoms with E-state index in [0.717, 1.165) is 13.2 Å². The molecule has 0 saturated carbocycles. The van der Waals surface area contributed by atoms with Crippen molar-refractivity contribution in [1.82, 2.24) is 5.32 Å². The zero-order valence-electron chi connectivity index (χ0n) is 8.93. The van der Waals surface area contributed by atoms with E-state index in [1.807, 2.05) is 0 Å². The molecule has 0 radical (unpaired) electrons. The van der Waals surface area contributed by atoms with Crippen LogP contribution in [-0.4, -0.2) is 37.8 Å². The van der Waals surface area contributed by atoms with Crippen LogP contribution < -0.4 is 5.32 Å². The maximum Gasteiger partial charge on any atom is 0.0587 e. The summed E-state index contributed by atoms with van der Waals surface area (Å²) in [5.74, 6) is 2.56. The van der Waals surface area contributed by atoms with Crippen molar-refractivity contribution in [2.75, 3.05) is 31.8 Å². The zero-order chi connectivity index (χ0) is 9.73. The van der Waals surface area contributed by atoms with E-state index in [2.05, 4.69) is 30.9 Å². The van der Waals surface area contributed by atoms with Crippen LogP contribution in [0.3, 0.4) is 0 Å². The van der Waals surface area contributed by atoms with Gasteiger partial charge in [-0.15, -0.1) is 0 Å². The first kappa shape index (κ1) is 11.3. The minimum Gasteiger partial charge on any atom is -0.383 e. The first-order valence-electron chi connectivity index (χ1n) is 4.97. The molecule has 0 bridgehead atoms. The van der Waals surface area contributed by atoms with Gasteiger partial charge >= 0.3 is 0 Å². The van der Waals surface area contributed by atoms with Crippen molar-refractivity contribution in [3.05, 3.63) is 0 Å². The van der Waals surface area contributed by atoms with Gasteiger partial charge in [-0.3, -0.25) is 0 Å². The monoisotopic (exact) mass is 203 g/mol. The van der Waals surface area contributed by atoms with Gasteiger partial charge in [0.2, 0.25) is 0 Å². The lowest BCUT2D eigenvalue weighted by Gasteiger charge is -2.38. The average Bonchev–Trinajstić information content (AvgIpc) is 2.08. The molecule has 78 valence electrons. The maximum atomic E-state index is 5.03. The van der Waals surface area contributed by atoms with Crippen LogP contribution in [0.5, 0.6) is 0 Å². The number of hydrogen-bond donors (Lipinski definition) is 1. The van der Waals surface area contributed by atoms with Crippen LogP contribution in [0.15, 0.2) is 0 Å². The highest BCUT2D eigenvalue weighted by Crippen LogP contribution is 2.33. The second-order valence-electron chi connectivity index (χ2n) is 4.31. The normalized spacial score (nSPS) is 27.5. The Morgan fingerprint density at radius 3 is 2.92 bits per heavy atom. The van der Waals surface area contributed by atoms with Gasteiger partial charge in [-0.05, 0) is 17.6 Å². The number of thioether (sulfide) groups is 1. The van der Waals surface area contributed by atoms with Gasteiger partial charge in [-0.1, -0.05) is 13.8 Å². The molecule has 3 heteroatoms. The van der Waals surface area contributed by atoms with E-state index in [1.54, 1.807) is 7.11 Å². The number of hydrogen-bond acceptors (Lipinski definition) is 3. The fraction of sp³-hybridized carbons (Fsp3) is 1.00. The second kappa shape index (κ2) is 5.23. The van der Waals surface area contributed by atoms with Crippen molar-refractivity contribution in [3.8, 4) is 0 Å². The zero-order valence-corrected chi connectivity index (χ0v) is 9.75. The van der Waals surface area contributed by atoms with Gasteiger partial charge in [-0.2, -0.15) is 11.8 Å². The summed E-state index contributed by atoms with van der Waals surface area (Å²) >= 11 is 2.06.